The third-order valence-corrected chi connectivity index (χ3v) is 2.57. The average Bonchev–Trinajstić information content (AvgIpc) is 2.44. The van der Waals surface area contributed by atoms with Crippen molar-refractivity contribution >= 4 is 17.8 Å². The maximum absolute atomic E-state index is 11.2. The Kier molecular flexibility index (Phi) is 3.90. The second kappa shape index (κ2) is 5.79. The fourth-order valence-electron chi connectivity index (χ4n) is 1.68. The van der Waals surface area contributed by atoms with Gasteiger partial charge >= 0.3 is 0 Å². The number of rotatable bonds is 4. The van der Waals surface area contributed by atoms with Crippen molar-refractivity contribution in [3.05, 3.63) is 42.5 Å². The molecule has 2 aromatic rings. The molecule has 0 saturated carbocycles. The average molecular weight is 270 g/mol. The molecule has 0 aliphatic rings. The van der Waals surface area contributed by atoms with Gasteiger partial charge < -0.3 is 16.8 Å². The molecule has 1 amide bonds. The predicted molar refractivity (Wildman–Crippen MR) is 76.1 cm³/mol. The number of aromatic nitrogens is 3. The van der Waals surface area contributed by atoms with Crippen LogP contribution in [0.2, 0.25) is 0 Å². The summed E-state index contributed by atoms with van der Waals surface area (Å²) in [6.45, 7) is 3.72. The van der Waals surface area contributed by atoms with Crippen molar-refractivity contribution in [2.75, 3.05) is 11.5 Å². The summed E-state index contributed by atoms with van der Waals surface area (Å²) in [6.07, 6.45) is 1.21. The van der Waals surface area contributed by atoms with Crippen molar-refractivity contribution in [2.45, 2.75) is 6.54 Å². The van der Waals surface area contributed by atoms with Crippen molar-refractivity contribution in [3.63, 3.8) is 0 Å². The molecule has 0 fully saturated rings. The van der Waals surface area contributed by atoms with Crippen molar-refractivity contribution in [3.8, 4) is 11.4 Å². The Balaban J connectivity index is 2.36. The third kappa shape index (κ3) is 3.08. The zero-order chi connectivity index (χ0) is 14.5. The molecule has 1 aromatic carbocycles. The molecule has 5 N–H and O–H groups in total. The van der Waals surface area contributed by atoms with E-state index in [9.17, 15) is 4.79 Å². The molecule has 0 bridgehead atoms. The number of hydrogen-bond donors (Lipinski definition) is 3. The van der Waals surface area contributed by atoms with E-state index in [1.807, 2.05) is 24.3 Å². The van der Waals surface area contributed by atoms with Crippen LogP contribution in [-0.4, -0.2) is 20.9 Å². The highest BCUT2D eigenvalue weighted by Crippen LogP contribution is 2.21. The van der Waals surface area contributed by atoms with E-state index < -0.39 is 0 Å². The Hall–Kier alpha value is -2.96. The molecule has 1 aromatic heterocycles. The SMILES string of the molecule is C=CC(=O)NCc1ccccc1-c1nc(N)nc(N)n1. The number of carbonyl (C=O) groups excluding carboxylic acids is 1. The Morgan fingerprint density at radius 2 is 1.85 bits per heavy atom. The second-order valence-corrected chi connectivity index (χ2v) is 3.95. The van der Waals surface area contributed by atoms with Gasteiger partial charge in [-0.2, -0.15) is 15.0 Å². The Morgan fingerprint density at radius 3 is 2.50 bits per heavy atom. The monoisotopic (exact) mass is 270 g/mol. The zero-order valence-corrected chi connectivity index (χ0v) is 10.7. The van der Waals surface area contributed by atoms with Crippen LogP contribution in [0.1, 0.15) is 5.56 Å². The summed E-state index contributed by atoms with van der Waals surface area (Å²) in [4.78, 5) is 23.1. The molecule has 0 saturated heterocycles. The lowest BCUT2D eigenvalue weighted by atomic mass is 10.1. The maximum Gasteiger partial charge on any atom is 0.243 e. The molecule has 0 radical (unpaired) electrons. The molecule has 20 heavy (non-hydrogen) atoms. The molecule has 7 heteroatoms. The fraction of sp³-hybridized carbons (Fsp3) is 0.0769. The van der Waals surface area contributed by atoms with E-state index in [2.05, 4.69) is 26.8 Å². The van der Waals surface area contributed by atoms with Gasteiger partial charge in [-0.05, 0) is 11.6 Å². The highest BCUT2D eigenvalue weighted by atomic mass is 16.1. The number of nitrogens with zero attached hydrogens (tertiary/aromatic N) is 3. The number of anilines is 2. The Morgan fingerprint density at radius 1 is 1.20 bits per heavy atom. The van der Waals surface area contributed by atoms with Crippen LogP contribution in [0.15, 0.2) is 36.9 Å². The van der Waals surface area contributed by atoms with E-state index in [1.165, 1.54) is 6.08 Å². The van der Waals surface area contributed by atoms with Crippen LogP contribution in [-0.2, 0) is 11.3 Å². The van der Waals surface area contributed by atoms with Gasteiger partial charge in [0.2, 0.25) is 17.8 Å². The van der Waals surface area contributed by atoms with Gasteiger partial charge in [-0.15, -0.1) is 0 Å². The van der Waals surface area contributed by atoms with E-state index in [0.717, 1.165) is 11.1 Å². The van der Waals surface area contributed by atoms with Crippen LogP contribution in [0, 0.1) is 0 Å². The van der Waals surface area contributed by atoms with Crippen molar-refractivity contribution in [1.29, 1.82) is 0 Å². The standard InChI is InChI=1S/C13H14N6O/c1-2-10(20)16-7-8-5-3-4-6-9(8)11-17-12(14)19-13(15)18-11/h2-6H,1,7H2,(H,16,20)(H4,14,15,17,18,19). The first-order valence-electron chi connectivity index (χ1n) is 5.85. The minimum atomic E-state index is -0.255. The topological polar surface area (TPSA) is 120 Å². The van der Waals surface area contributed by atoms with Gasteiger partial charge in [-0.1, -0.05) is 30.8 Å². The van der Waals surface area contributed by atoms with E-state index in [4.69, 9.17) is 11.5 Å². The largest absolute Gasteiger partial charge is 0.368 e. The van der Waals surface area contributed by atoms with Crippen LogP contribution >= 0.6 is 0 Å². The normalized spacial score (nSPS) is 10.0. The van der Waals surface area contributed by atoms with Crippen LogP contribution in [0.25, 0.3) is 11.4 Å². The molecule has 7 nitrogen and oxygen atoms in total. The van der Waals surface area contributed by atoms with E-state index in [-0.39, 0.29) is 17.8 Å². The minimum Gasteiger partial charge on any atom is -0.368 e. The summed E-state index contributed by atoms with van der Waals surface area (Å²) in [5, 5.41) is 2.70. The Labute approximate surface area is 115 Å². The number of amides is 1. The molecule has 0 aliphatic carbocycles. The summed E-state index contributed by atoms with van der Waals surface area (Å²) < 4.78 is 0. The van der Waals surface area contributed by atoms with Crippen LogP contribution in [0.3, 0.4) is 0 Å². The lowest BCUT2D eigenvalue weighted by molar-refractivity contribution is -0.116. The number of nitrogens with two attached hydrogens (primary N) is 2. The summed E-state index contributed by atoms with van der Waals surface area (Å²) in [7, 11) is 0. The fourth-order valence-corrected chi connectivity index (χ4v) is 1.68. The number of nitrogens with one attached hydrogen (secondary N) is 1. The first-order valence-corrected chi connectivity index (χ1v) is 5.85. The van der Waals surface area contributed by atoms with Gasteiger partial charge in [0.25, 0.3) is 0 Å². The highest BCUT2D eigenvalue weighted by Gasteiger charge is 2.10. The molecule has 0 spiro atoms. The lowest BCUT2D eigenvalue weighted by Gasteiger charge is -2.09. The third-order valence-electron chi connectivity index (χ3n) is 2.57. The molecule has 1 heterocycles. The quantitative estimate of drug-likeness (QED) is 0.696. The highest BCUT2D eigenvalue weighted by molar-refractivity contribution is 5.86. The smallest absolute Gasteiger partial charge is 0.243 e. The number of hydrogen-bond acceptors (Lipinski definition) is 6. The minimum absolute atomic E-state index is 0.0532. The van der Waals surface area contributed by atoms with Crippen molar-refractivity contribution < 1.29 is 4.79 Å². The molecule has 0 unspecified atom stereocenters. The second-order valence-electron chi connectivity index (χ2n) is 3.95. The van der Waals surface area contributed by atoms with Gasteiger partial charge in [0, 0.05) is 12.1 Å². The Bertz CT molecular complexity index is 635. The van der Waals surface area contributed by atoms with E-state index >= 15 is 0 Å². The van der Waals surface area contributed by atoms with Gasteiger partial charge in [-0.3, -0.25) is 4.79 Å². The van der Waals surface area contributed by atoms with E-state index in [1.54, 1.807) is 0 Å². The first kappa shape index (κ1) is 13.5. The molecule has 102 valence electrons. The maximum atomic E-state index is 11.2. The van der Waals surface area contributed by atoms with Gasteiger partial charge in [-0.25, -0.2) is 0 Å². The summed E-state index contributed by atoms with van der Waals surface area (Å²) in [5.74, 6) is 0.225. The number of carbonyl (C=O) groups is 1. The molecule has 0 atom stereocenters. The molecular formula is C13H14N6O. The zero-order valence-electron chi connectivity index (χ0n) is 10.7. The molecule has 0 aliphatic heterocycles. The van der Waals surface area contributed by atoms with Gasteiger partial charge in [0.1, 0.15) is 0 Å². The van der Waals surface area contributed by atoms with Crippen LogP contribution in [0.4, 0.5) is 11.9 Å². The van der Waals surface area contributed by atoms with E-state index in [0.29, 0.717) is 12.4 Å². The first-order chi connectivity index (χ1) is 9.60. The molecule has 2 rings (SSSR count). The van der Waals surface area contributed by atoms with Gasteiger partial charge in [0.05, 0.1) is 0 Å². The summed E-state index contributed by atoms with van der Waals surface area (Å²) in [5.41, 5.74) is 12.7. The molecular weight excluding hydrogens is 256 g/mol. The van der Waals surface area contributed by atoms with Gasteiger partial charge in [0.15, 0.2) is 5.82 Å². The van der Waals surface area contributed by atoms with Crippen LogP contribution in [0.5, 0.6) is 0 Å². The number of benzene rings is 1. The van der Waals surface area contributed by atoms with Crippen LogP contribution < -0.4 is 16.8 Å². The lowest BCUT2D eigenvalue weighted by Crippen LogP contribution is -2.20. The van der Waals surface area contributed by atoms with Crippen molar-refractivity contribution in [1.82, 2.24) is 20.3 Å². The summed E-state index contributed by atoms with van der Waals surface area (Å²) in [6, 6.07) is 7.37. The van der Waals surface area contributed by atoms with Crippen molar-refractivity contribution in [2.24, 2.45) is 0 Å². The number of nitrogen functional groups attached to an aromatic ring is 2. The summed E-state index contributed by atoms with van der Waals surface area (Å²) >= 11 is 0. The predicted octanol–water partition coefficient (Wildman–Crippen LogP) is 0.505.